The van der Waals surface area contributed by atoms with E-state index in [1.54, 1.807) is 11.3 Å². The molecule has 2 rings (SSSR count). The van der Waals surface area contributed by atoms with Gasteiger partial charge in [0.15, 0.2) is 0 Å². The van der Waals surface area contributed by atoms with Crippen molar-refractivity contribution in [1.29, 1.82) is 0 Å². The van der Waals surface area contributed by atoms with Crippen LogP contribution in [0.1, 0.15) is 33.2 Å². The molecule has 1 atom stereocenters. The van der Waals surface area contributed by atoms with E-state index in [0.29, 0.717) is 0 Å². The van der Waals surface area contributed by atoms with Gasteiger partial charge in [-0.05, 0) is 81.0 Å². The van der Waals surface area contributed by atoms with Crippen LogP contribution in [0.25, 0.3) is 0 Å². The third-order valence-corrected chi connectivity index (χ3v) is 6.53. The Balaban J connectivity index is 2.45. The molecule has 0 saturated heterocycles. The fourth-order valence-electron chi connectivity index (χ4n) is 1.99. The molecule has 0 bridgehead atoms. The Hall–Kier alpha value is -0.160. The lowest BCUT2D eigenvalue weighted by molar-refractivity contribution is 0.878. The van der Waals surface area contributed by atoms with Gasteiger partial charge in [-0.3, -0.25) is 0 Å². The second-order valence-corrected chi connectivity index (χ2v) is 7.80. The molecule has 0 fully saturated rings. The number of aryl methyl sites for hydroxylation is 3. The molecule has 0 spiro atoms. The van der Waals surface area contributed by atoms with Crippen molar-refractivity contribution in [2.45, 2.75) is 26.8 Å². The number of rotatable bonds is 2. The summed E-state index contributed by atoms with van der Waals surface area (Å²) in [7, 11) is 0. The normalized spacial score (nSPS) is 12.8. The number of hydrogen-bond acceptors (Lipinski definition) is 2. The van der Waals surface area contributed by atoms with Gasteiger partial charge in [0, 0.05) is 9.35 Å². The Morgan fingerprint density at radius 3 is 2.17 bits per heavy atom. The highest BCUT2D eigenvalue weighted by Gasteiger charge is 2.16. The summed E-state index contributed by atoms with van der Waals surface area (Å²) in [5.74, 6) is 0. The van der Waals surface area contributed by atoms with Crippen LogP contribution < -0.4 is 5.73 Å². The molecule has 0 radical (unpaired) electrons. The van der Waals surface area contributed by atoms with E-state index in [0.717, 1.165) is 8.26 Å². The van der Waals surface area contributed by atoms with E-state index < -0.39 is 0 Å². The van der Waals surface area contributed by atoms with Crippen LogP contribution >= 0.6 is 43.2 Å². The Labute approximate surface area is 129 Å². The second kappa shape index (κ2) is 5.45. The zero-order chi connectivity index (χ0) is 13.4. The lowest BCUT2D eigenvalue weighted by Gasteiger charge is -2.15. The summed E-state index contributed by atoms with van der Waals surface area (Å²) in [6.07, 6.45) is 0. The smallest absolute Gasteiger partial charge is 0.0843 e. The molecular formula is C14H15Br2NS. The van der Waals surface area contributed by atoms with E-state index >= 15 is 0 Å². The number of benzene rings is 1. The molecule has 0 aliphatic heterocycles. The van der Waals surface area contributed by atoms with Crippen LogP contribution in [0, 0.1) is 20.8 Å². The minimum Gasteiger partial charge on any atom is -0.320 e. The molecule has 4 heteroatoms. The molecule has 1 unspecified atom stereocenters. The molecule has 2 aromatic rings. The highest BCUT2D eigenvalue weighted by atomic mass is 79.9. The van der Waals surface area contributed by atoms with E-state index in [9.17, 15) is 0 Å². The van der Waals surface area contributed by atoms with Gasteiger partial charge < -0.3 is 5.73 Å². The average Bonchev–Trinajstić information content (AvgIpc) is 2.63. The summed E-state index contributed by atoms with van der Waals surface area (Å²) < 4.78 is 2.16. The van der Waals surface area contributed by atoms with Crippen molar-refractivity contribution in [2.24, 2.45) is 5.73 Å². The molecule has 1 heterocycles. The summed E-state index contributed by atoms with van der Waals surface area (Å²) in [5.41, 5.74) is 11.5. The Morgan fingerprint density at radius 2 is 1.61 bits per heavy atom. The molecule has 1 nitrogen and oxygen atoms in total. The van der Waals surface area contributed by atoms with Gasteiger partial charge in [0.1, 0.15) is 0 Å². The van der Waals surface area contributed by atoms with Crippen LogP contribution in [0.2, 0.25) is 0 Å². The first-order valence-electron chi connectivity index (χ1n) is 5.68. The number of thiophene rings is 1. The van der Waals surface area contributed by atoms with Gasteiger partial charge in [0.2, 0.25) is 0 Å². The molecule has 0 aliphatic rings. The highest BCUT2D eigenvalue weighted by molar-refractivity contribution is 9.13. The van der Waals surface area contributed by atoms with Crippen LogP contribution in [-0.2, 0) is 0 Å². The Morgan fingerprint density at radius 1 is 1.00 bits per heavy atom. The number of hydrogen-bond donors (Lipinski definition) is 1. The number of halogens is 2. The summed E-state index contributed by atoms with van der Waals surface area (Å²) in [6.45, 7) is 6.39. The average molecular weight is 389 g/mol. The Bertz CT molecular complexity index is 570. The van der Waals surface area contributed by atoms with E-state index in [1.807, 2.05) is 0 Å². The topological polar surface area (TPSA) is 26.0 Å². The molecule has 18 heavy (non-hydrogen) atoms. The summed E-state index contributed by atoms with van der Waals surface area (Å²) >= 11 is 8.71. The largest absolute Gasteiger partial charge is 0.320 e. The summed E-state index contributed by atoms with van der Waals surface area (Å²) in [6, 6.07) is 6.45. The van der Waals surface area contributed by atoms with Crippen LogP contribution in [0.3, 0.4) is 0 Å². The zero-order valence-corrected chi connectivity index (χ0v) is 14.5. The van der Waals surface area contributed by atoms with Crippen LogP contribution in [-0.4, -0.2) is 0 Å². The fraction of sp³-hybridized carbons (Fsp3) is 0.286. The van der Waals surface area contributed by atoms with E-state index in [2.05, 4.69) is 70.8 Å². The van der Waals surface area contributed by atoms with Crippen molar-refractivity contribution in [3.8, 4) is 0 Å². The third kappa shape index (κ3) is 2.72. The van der Waals surface area contributed by atoms with E-state index in [1.165, 1.54) is 27.1 Å². The van der Waals surface area contributed by atoms with Crippen LogP contribution in [0.15, 0.2) is 26.5 Å². The molecule has 1 aromatic carbocycles. The Kier molecular flexibility index (Phi) is 4.32. The minimum absolute atomic E-state index is 0.0584. The molecule has 0 saturated carbocycles. The molecule has 0 amide bonds. The molecule has 0 aliphatic carbocycles. The van der Waals surface area contributed by atoms with Gasteiger partial charge in [-0.2, -0.15) is 0 Å². The first-order valence-corrected chi connectivity index (χ1v) is 8.08. The van der Waals surface area contributed by atoms with Crippen molar-refractivity contribution < 1.29 is 0 Å². The number of nitrogens with two attached hydrogens (primary N) is 1. The van der Waals surface area contributed by atoms with Gasteiger partial charge in [-0.15, -0.1) is 11.3 Å². The molecule has 96 valence electrons. The predicted molar refractivity (Wildman–Crippen MR) is 86.4 cm³/mol. The maximum atomic E-state index is 6.39. The molecular weight excluding hydrogens is 374 g/mol. The summed E-state index contributed by atoms with van der Waals surface area (Å²) in [4.78, 5) is 1.17. The third-order valence-electron chi connectivity index (χ3n) is 3.19. The first-order chi connectivity index (χ1) is 8.40. The highest BCUT2D eigenvalue weighted by Crippen LogP contribution is 2.37. The maximum absolute atomic E-state index is 6.39. The zero-order valence-electron chi connectivity index (χ0n) is 10.6. The van der Waals surface area contributed by atoms with Gasteiger partial charge >= 0.3 is 0 Å². The van der Waals surface area contributed by atoms with Crippen LogP contribution in [0.4, 0.5) is 0 Å². The van der Waals surface area contributed by atoms with E-state index in [-0.39, 0.29) is 6.04 Å². The first kappa shape index (κ1) is 14.3. The van der Waals surface area contributed by atoms with Gasteiger partial charge in [0.25, 0.3) is 0 Å². The molecule has 2 N–H and O–H groups in total. The van der Waals surface area contributed by atoms with Gasteiger partial charge in [0.05, 0.1) is 9.83 Å². The van der Waals surface area contributed by atoms with E-state index in [4.69, 9.17) is 5.73 Å². The molecule has 1 aromatic heterocycles. The van der Waals surface area contributed by atoms with Crippen molar-refractivity contribution in [1.82, 2.24) is 0 Å². The minimum atomic E-state index is -0.0584. The second-order valence-electron chi connectivity index (χ2n) is 4.54. The van der Waals surface area contributed by atoms with Crippen molar-refractivity contribution in [3.63, 3.8) is 0 Å². The maximum Gasteiger partial charge on any atom is 0.0843 e. The lowest BCUT2D eigenvalue weighted by atomic mass is 9.95. The van der Waals surface area contributed by atoms with Crippen molar-refractivity contribution in [3.05, 3.63) is 53.6 Å². The monoisotopic (exact) mass is 387 g/mol. The fourth-order valence-corrected chi connectivity index (χ4v) is 4.10. The van der Waals surface area contributed by atoms with Crippen LogP contribution in [0.5, 0.6) is 0 Å². The summed E-state index contributed by atoms with van der Waals surface area (Å²) in [5, 5.41) is 0. The van der Waals surface area contributed by atoms with Gasteiger partial charge in [-0.1, -0.05) is 12.1 Å². The SMILES string of the molecule is Cc1cc(C)c(C(N)c2cc(Br)c(Br)s2)cc1C. The predicted octanol–water partition coefficient (Wildman–Crippen LogP) is 5.25. The van der Waals surface area contributed by atoms with Gasteiger partial charge in [-0.25, -0.2) is 0 Å². The quantitative estimate of drug-likeness (QED) is 0.747. The van der Waals surface area contributed by atoms with Crippen molar-refractivity contribution >= 4 is 43.2 Å². The lowest BCUT2D eigenvalue weighted by Crippen LogP contribution is -2.12. The standard InChI is InChI=1S/C14H15Br2NS/c1-7-4-9(3)10(5-8(7)2)13(17)12-6-11(15)14(16)18-12/h4-6,13H,17H2,1-3H3. The van der Waals surface area contributed by atoms with Crippen molar-refractivity contribution in [2.75, 3.05) is 0 Å².